The Hall–Kier alpha value is -2.40. The van der Waals surface area contributed by atoms with Crippen LogP contribution in [0.4, 0.5) is 0 Å². The zero-order chi connectivity index (χ0) is 17.8. The lowest BCUT2D eigenvalue weighted by Crippen LogP contribution is -2.45. The number of carbonyl (C=O) groups excluding carboxylic acids is 2. The van der Waals surface area contributed by atoms with Gasteiger partial charge in [0.05, 0.1) is 5.92 Å². The molecule has 0 radical (unpaired) electrons. The number of ketones is 2. The summed E-state index contributed by atoms with van der Waals surface area (Å²) in [6, 6.07) is 5.62. The van der Waals surface area contributed by atoms with Crippen molar-refractivity contribution >= 4 is 11.6 Å². The minimum Gasteiger partial charge on any atom is -0.454 e. The number of ether oxygens (including phenoxy) is 3. The fraction of sp³-hybridized carbons (Fsp3) is 0.400. The number of fused-ring (bicyclic) bond motifs is 3. The van der Waals surface area contributed by atoms with Gasteiger partial charge in [0, 0.05) is 18.9 Å². The van der Waals surface area contributed by atoms with Crippen LogP contribution in [0.25, 0.3) is 0 Å². The highest BCUT2D eigenvalue weighted by atomic mass is 16.7. The van der Waals surface area contributed by atoms with E-state index in [2.05, 4.69) is 6.58 Å². The molecule has 0 aromatic heterocycles. The molecule has 4 rings (SSSR count). The van der Waals surface area contributed by atoms with Crippen molar-refractivity contribution in [2.75, 3.05) is 13.9 Å². The molecule has 0 unspecified atom stereocenters. The molecule has 2 aliphatic carbocycles. The van der Waals surface area contributed by atoms with Crippen LogP contribution in [0, 0.1) is 11.8 Å². The van der Waals surface area contributed by atoms with Gasteiger partial charge in [0.15, 0.2) is 23.1 Å². The maximum atomic E-state index is 13.1. The third kappa shape index (κ3) is 2.05. The van der Waals surface area contributed by atoms with Crippen molar-refractivity contribution in [3.05, 3.63) is 48.1 Å². The summed E-state index contributed by atoms with van der Waals surface area (Å²) in [6.45, 7) is 5.87. The maximum absolute atomic E-state index is 13.1. The molecule has 5 heteroatoms. The third-order valence-corrected chi connectivity index (χ3v) is 5.71. The molecule has 1 saturated carbocycles. The Kier molecular flexibility index (Phi) is 3.58. The quantitative estimate of drug-likeness (QED) is 0.623. The second-order valence-corrected chi connectivity index (χ2v) is 6.79. The van der Waals surface area contributed by atoms with E-state index in [9.17, 15) is 9.59 Å². The van der Waals surface area contributed by atoms with E-state index < -0.39 is 11.5 Å². The summed E-state index contributed by atoms with van der Waals surface area (Å²) >= 11 is 0. The highest BCUT2D eigenvalue weighted by Crippen LogP contribution is 2.54. The van der Waals surface area contributed by atoms with Crippen molar-refractivity contribution in [3.8, 4) is 11.5 Å². The number of hydrogen-bond acceptors (Lipinski definition) is 5. The molecule has 4 atom stereocenters. The normalized spacial score (nSPS) is 32.7. The Morgan fingerprint density at radius 2 is 2.08 bits per heavy atom. The van der Waals surface area contributed by atoms with Gasteiger partial charge in [0.25, 0.3) is 0 Å². The Balaban J connectivity index is 1.83. The van der Waals surface area contributed by atoms with Crippen molar-refractivity contribution in [2.45, 2.75) is 24.9 Å². The van der Waals surface area contributed by atoms with Crippen LogP contribution in [0.5, 0.6) is 11.5 Å². The fourth-order valence-electron chi connectivity index (χ4n) is 4.46. The molecule has 5 nitrogen and oxygen atoms in total. The van der Waals surface area contributed by atoms with Crippen molar-refractivity contribution in [3.63, 3.8) is 0 Å². The first-order chi connectivity index (χ1) is 12.0. The predicted molar refractivity (Wildman–Crippen MR) is 90.6 cm³/mol. The first-order valence-electron chi connectivity index (χ1n) is 8.39. The summed E-state index contributed by atoms with van der Waals surface area (Å²) in [5.74, 6) is -0.0868. The molecular weight excluding hydrogens is 320 g/mol. The van der Waals surface area contributed by atoms with Crippen LogP contribution in [0.2, 0.25) is 0 Å². The van der Waals surface area contributed by atoms with Gasteiger partial charge in [0.1, 0.15) is 5.60 Å². The molecule has 1 aliphatic heterocycles. The Morgan fingerprint density at radius 3 is 2.80 bits per heavy atom. The number of benzene rings is 1. The van der Waals surface area contributed by atoms with Crippen molar-refractivity contribution in [2.24, 2.45) is 11.8 Å². The zero-order valence-corrected chi connectivity index (χ0v) is 14.3. The number of hydrogen-bond donors (Lipinski definition) is 0. The molecular formula is C20H20O5. The van der Waals surface area contributed by atoms with Crippen molar-refractivity contribution < 1.29 is 23.8 Å². The molecule has 1 fully saturated rings. The third-order valence-electron chi connectivity index (χ3n) is 5.71. The van der Waals surface area contributed by atoms with Gasteiger partial charge >= 0.3 is 0 Å². The molecule has 0 saturated heterocycles. The average molecular weight is 340 g/mol. The van der Waals surface area contributed by atoms with E-state index in [0.717, 1.165) is 5.56 Å². The average Bonchev–Trinajstić information content (AvgIpc) is 3.13. The summed E-state index contributed by atoms with van der Waals surface area (Å²) in [5.41, 5.74) is 0.449. The maximum Gasteiger partial charge on any atom is 0.231 e. The first kappa shape index (κ1) is 16.1. The van der Waals surface area contributed by atoms with E-state index in [4.69, 9.17) is 14.2 Å². The first-order valence-corrected chi connectivity index (χ1v) is 8.39. The Bertz CT molecular complexity index is 808. The molecule has 0 amide bonds. The van der Waals surface area contributed by atoms with E-state index in [1.807, 2.05) is 25.1 Å². The minimum atomic E-state index is -1.06. The molecule has 3 aliphatic rings. The Morgan fingerprint density at radius 1 is 1.32 bits per heavy atom. The zero-order valence-electron chi connectivity index (χ0n) is 14.3. The van der Waals surface area contributed by atoms with Crippen LogP contribution in [-0.2, 0) is 14.3 Å². The SMILES string of the molecule is C=CCC1=C[C@@]2(OC)C(=O)[C@H](C1=O)[C@H](c1ccc3c(c1)OCO3)[C@@H]2C. The van der Waals surface area contributed by atoms with Crippen LogP contribution < -0.4 is 9.47 Å². The van der Waals surface area contributed by atoms with Crippen LogP contribution in [0.3, 0.4) is 0 Å². The van der Waals surface area contributed by atoms with Crippen LogP contribution >= 0.6 is 0 Å². The molecule has 0 spiro atoms. The monoisotopic (exact) mass is 340 g/mol. The smallest absolute Gasteiger partial charge is 0.231 e. The summed E-state index contributed by atoms with van der Waals surface area (Å²) in [6.07, 6.45) is 3.84. The predicted octanol–water partition coefficient (Wildman–Crippen LogP) is 2.80. The molecule has 1 heterocycles. The number of allylic oxidation sites excluding steroid dienone is 2. The summed E-state index contributed by atoms with van der Waals surface area (Å²) in [5, 5.41) is 0. The van der Waals surface area contributed by atoms with Crippen LogP contribution in [-0.4, -0.2) is 31.1 Å². The largest absolute Gasteiger partial charge is 0.454 e. The lowest BCUT2D eigenvalue weighted by Gasteiger charge is -2.30. The summed E-state index contributed by atoms with van der Waals surface area (Å²) in [4.78, 5) is 26.0. The molecule has 0 N–H and O–H groups in total. The molecule has 1 aromatic rings. The van der Waals surface area contributed by atoms with E-state index in [0.29, 0.717) is 23.5 Å². The van der Waals surface area contributed by atoms with Crippen LogP contribution in [0.15, 0.2) is 42.5 Å². The van der Waals surface area contributed by atoms with Gasteiger partial charge in [-0.25, -0.2) is 0 Å². The number of Topliss-reactive ketones (excluding diaryl/α,β-unsaturated/α-hetero) is 2. The van der Waals surface area contributed by atoms with Crippen molar-refractivity contribution in [1.29, 1.82) is 0 Å². The van der Waals surface area contributed by atoms with E-state index >= 15 is 0 Å². The lowest BCUT2D eigenvalue weighted by atomic mass is 9.80. The number of carbonyl (C=O) groups is 2. The molecule has 1 aromatic carbocycles. The van der Waals surface area contributed by atoms with Crippen molar-refractivity contribution in [1.82, 2.24) is 0 Å². The molecule has 2 bridgehead atoms. The van der Waals surface area contributed by atoms with Gasteiger partial charge in [-0.05, 0) is 35.8 Å². The molecule has 130 valence electrons. The highest BCUT2D eigenvalue weighted by Gasteiger charge is 2.63. The van der Waals surface area contributed by atoms with E-state index in [1.54, 1.807) is 12.2 Å². The highest BCUT2D eigenvalue weighted by molar-refractivity contribution is 6.19. The minimum absolute atomic E-state index is 0.121. The van der Waals surface area contributed by atoms with Gasteiger partial charge in [-0.1, -0.05) is 19.1 Å². The van der Waals surface area contributed by atoms with Gasteiger partial charge in [-0.3, -0.25) is 9.59 Å². The molecule has 25 heavy (non-hydrogen) atoms. The second kappa shape index (κ2) is 5.56. The second-order valence-electron chi connectivity index (χ2n) is 6.79. The lowest BCUT2D eigenvalue weighted by molar-refractivity contribution is -0.141. The Labute approximate surface area is 146 Å². The van der Waals surface area contributed by atoms with Gasteiger partial charge in [0.2, 0.25) is 6.79 Å². The standard InChI is InChI=1S/C20H20O5/c1-4-5-13-9-20(23-3)11(2)16(17(18(13)21)19(20)22)12-6-7-14-15(8-12)25-10-24-14/h4,6-9,11,16-17H,1,5,10H2,2-3H3/t11-,16-,17-,20-/m0/s1. The van der Waals surface area contributed by atoms with E-state index in [1.165, 1.54) is 7.11 Å². The summed E-state index contributed by atoms with van der Waals surface area (Å²) in [7, 11) is 1.53. The van der Waals surface area contributed by atoms with Crippen LogP contribution in [0.1, 0.15) is 24.8 Å². The topological polar surface area (TPSA) is 61.8 Å². The van der Waals surface area contributed by atoms with Gasteiger partial charge < -0.3 is 14.2 Å². The van der Waals surface area contributed by atoms with E-state index in [-0.39, 0.29) is 30.2 Å². The number of rotatable bonds is 4. The van der Waals surface area contributed by atoms with Gasteiger partial charge in [-0.2, -0.15) is 0 Å². The van der Waals surface area contributed by atoms with Gasteiger partial charge in [-0.15, -0.1) is 6.58 Å². The summed E-state index contributed by atoms with van der Waals surface area (Å²) < 4.78 is 16.5. The number of methoxy groups -OCH3 is 1. The fourth-order valence-corrected chi connectivity index (χ4v) is 4.46.